The number of aliphatic hydroxyl groups is 1. The van der Waals surface area contributed by atoms with Crippen molar-refractivity contribution in [2.75, 3.05) is 56.7 Å². The Kier molecular flexibility index (Phi) is 5.72. The Labute approximate surface area is 156 Å². The standard InChI is InChI=1S/C18H22N4O5/c1-27-18(26)14-11-21(7-8-23)17(25)16(14)20-12-3-2-4-13(9-12)22-6-5-19-10-15(22)24/h2-4,9,19-20,23H,5-8,10-11H2,1H3. The predicted molar refractivity (Wildman–Crippen MR) is 98.0 cm³/mol. The van der Waals surface area contributed by atoms with Crippen LogP contribution in [0.5, 0.6) is 0 Å². The van der Waals surface area contributed by atoms with Gasteiger partial charge in [-0.1, -0.05) is 6.07 Å². The summed E-state index contributed by atoms with van der Waals surface area (Å²) in [5.74, 6) is -1.01. The number of carbonyl (C=O) groups is 3. The van der Waals surface area contributed by atoms with Crippen LogP contribution >= 0.6 is 0 Å². The smallest absolute Gasteiger partial charge is 0.337 e. The summed E-state index contributed by atoms with van der Waals surface area (Å²) in [6.07, 6.45) is 0. The number of hydrogen-bond donors (Lipinski definition) is 3. The first-order valence-electron chi connectivity index (χ1n) is 8.65. The molecule has 2 heterocycles. The Morgan fingerprint density at radius 2 is 2.19 bits per heavy atom. The van der Waals surface area contributed by atoms with Gasteiger partial charge in [-0.15, -0.1) is 0 Å². The summed E-state index contributed by atoms with van der Waals surface area (Å²) in [5, 5.41) is 15.1. The van der Waals surface area contributed by atoms with Gasteiger partial charge in [-0.05, 0) is 18.2 Å². The molecule has 27 heavy (non-hydrogen) atoms. The molecule has 0 bridgehead atoms. The van der Waals surface area contributed by atoms with E-state index in [0.717, 1.165) is 0 Å². The van der Waals surface area contributed by atoms with Gasteiger partial charge in [0.2, 0.25) is 5.91 Å². The Morgan fingerprint density at radius 1 is 1.37 bits per heavy atom. The Hall–Kier alpha value is -2.91. The third-order valence-electron chi connectivity index (χ3n) is 4.47. The minimum Gasteiger partial charge on any atom is -0.466 e. The van der Waals surface area contributed by atoms with Crippen molar-refractivity contribution in [1.29, 1.82) is 0 Å². The molecule has 0 spiro atoms. The van der Waals surface area contributed by atoms with E-state index in [-0.39, 0.29) is 49.3 Å². The number of ether oxygens (including phenoxy) is 1. The summed E-state index contributed by atoms with van der Waals surface area (Å²) in [6.45, 7) is 1.54. The average molecular weight is 374 g/mol. The van der Waals surface area contributed by atoms with E-state index in [1.165, 1.54) is 12.0 Å². The maximum Gasteiger partial charge on any atom is 0.337 e. The zero-order valence-electron chi connectivity index (χ0n) is 15.0. The number of amides is 2. The van der Waals surface area contributed by atoms with Gasteiger partial charge in [-0.2, -0.15) is 0 Å². The lowest BCUT2D eigenvalue weighted by Crippen LogP contribution is -2.48. The van der Waals surface area contributed by atoms with Crippen LogP contribution in [0.2, 0.25) is 0 Å². The van der Waals surface area contributed by atoms with E-state index in [9.17, 15) is 14.4 Å². The molecule has 0 aliphatic carbocycles. The lowest BCUT2D eigenvalue weighted by molar-refractivity contribution is -0.136. The lowest BCUT2D eigenvalue weighted by atomic mass is 10.2. The van der Waals surface area contributed by atoms with Crippen LogP contribution in [0.3, 0.4) is 0 Å². The van der Waals surface area contributed by atoms with E-state index in [1.807, 2.05) is 6.07 Å². The highest BCUT2D eigenvalue weighted by molar-refractivity contribution is 6.08. The minimum absolute atomic E-state index is 0.0288. The van der Waals surface area contributed by atoms with E-state index in [0.29, 0.717) is 24.5 Å². The van der Waals surface area contributed by atoms with Crippen molar-refractivity contribution >= 4 is 29.2 Å². The number of rotatable bonds is 6. The molecule has 1 aromatic rings. The fraction of sp³-hybridized carbons (Fsp3) is 0.389. The summed E-state index contributed by atoms with van der Waals surface area (Å²) in [6, 6.07) is 7.10. The van der Waals surface area contributed by atoms with Gasteiger partial charge in [0.15, 0.2) is 0 Å². The number of β-amino-alcohol motifs (C(OH)–C–C–N with tert-alkyl or cyclic N) is 1. The van der Waals surface area contributed by atoms with Crippen molar-refractivity contribution in [2.45, 2.75) is 0 Å². The zero-order valence-corrected chi connectivity index (χ0v) is 15.0. The topological polar surface area (TPSA) is 111 Å². The maximum atomic E-state index is 12.6. The highest BCUT2D eigenvalue weighted by atomic mass is 16.5. The number of piperazine rings is 1. The number of esters is 1. The fourth-order valence-corrected chi connectivity index (χ4v) is 3.12. The van der Waals surface area contributed by atoms with E-state index < -0.39 is 5.97 Å². The highest BCUT2D eigenvalue weighted by Crippen LogP contribution is 2.25. The Bertz CT molecular complexity index is 792. The number of benzene rings is 1. The lowest BCUT2D eigenvalue weighted by Gasteiger charge is -2.27. The van der Waals surface area contributed by atoms with Crippen molar-refractivity contribution in [3.63, 3.8) is 0 Å². The molecule has 0 aromatic heterocycles. The molecular weight excluding hydrogens is 352 g/mol. The number of nitrogens with one attached hydrogen (secondary N) is 2. The summed E-state index contributed by atoms with van der Waals surface area (Å²) < 4.78 is 4.77. The molecule has 1 fully saturated rings. The Morgan fingerprint density at radius 3 is 2.89 bits per heavy atom. The van der Waals surface area contributed by atoms with Crippen LogP contribution in [0.4, 0.5) is 11.4 Å². The van der Waals surface area contributed by atoms with E-state index in [2.05, 4.69) is 10.6 Å². The third kappa shape index (κ3) is 3.93. The molecule has 1 saturated heterocycles. The van der Waals surface area contributed by atoms with Crippen molar-refractivity contribution < 1.29 is 24.2 Å². The van der Waals surface area contributed by atoms with Gasteiger partial charge < -0.3 is 30.3 Å². The van der Waals surface area contributed by atoms with Gasteiger partial charge in [0.05, 0.1) is 32.4 Å². The van der Waals surface area contributed by atoms with Crippen LogP contribution in [-0.2, 0) is 19.1 Å². The number of methoxy groups -OCH3 is 1. The molecular formula is C18H22N4O5. The molecule has 0 saturated carbocycles. The van der Waals surface area contributed by atoms with Crippen LogP contribution in [0, 0.1) is 0 Å². The van der Waals surface area contributed by atoms with Crippen molar-refractivity contribution in [3.8, 4) is 0 Å². The second-order valence-corrected chi connectivity index (χ2v) is 6.19. The molecule has 9 nitrogen and oxygen atoms in total. The molecule has 1 aromatic carbocycles. The van der Waals surface area contributed by atoms with Crippen LogP contribution < -0.4 is 15.5 Å². The van der Waals surface area contributed by atoms with Crippen LogP contribution in [0.25, 0.3) is 0 Å². The van der Waals surface area contributed by atoms with Gasteiger partial charge in [-0.25, -0.2) is 4.79 Å². The van der Waals surface area contributed by atoms with Gasteiger partial charge in [0.1, 0.15) is 5.70 Å². The summed E-state index contributed by atoms with van der Waals surface area (Å²) in [5.41, 5.74) is 1.62. The first-order chi connectivity index (χ1) is 13.0. The number of nitrogens with zero attached hydrogens (tertiary/aromatic N) is 2. The first-order valence-corrected chi connectivity index (χ1v) is 8.65. The molecule has 2 aliphatic rings. The minimum atomic E-state index is -0.597. The summed E-state index contributed by atoms with van der Waals surface area (Å²) in [7, 11) is 1.25. The van der Waals surface area contributed by atoms with Gasteiger partial charge >= 0.3 is 5.97 Å². The molecule has 2 aliphatic heterocycles. The van der Waals surface area contributed by atoms with E-state index in [1.54, 1.807) is 23.1 Å². The first kappa shape index (κ1) is 18.9. The molecule has 0 radical (unpaired) electrons. The molecule has 2 amide bonds. The Balaban J connectivity index is 1.86. The predicted octanol–water partition coefficient (Wildman–Crippen LogP) is -0.704. The fourth-order valence-electron chi connectivity index (χ4n) is 3.12. The molecule has 144 valence electrons. The largest absolute Gasteiger partial charge is 0.466 e. The van der Waals surface area contributed by atoms with Crippen LogP contribution in [0.15, 0.2) is 35.5 Å². The molecule has 0 unspecified atom stereocenters. The number of anilines is 2. The highest BCUT2D eigenvalue weighted by Gasteiger charge is 2.34. The van der Waals surface area contributed by atoms with Gasteiger partial charge in [0, 0.05) is 31.0 Å². The normalized spacial score (nSPS) is 17.6. The number of hydrogen-bond acceptors (Lipinski definition) is 7. The van der Waals surface area contributed by atoms with Gasteiger partial charge in [0.25, 0.3) is 5.91 Å². The van der Waals surface area contributed by atoms with Crippen molar-refractivity contribution in [1.82, 2.24) is 10.2 Å². The van der Waals surface area contributed by atoms with E-state index >= 15 is 0 Å². The van der Waals surface area contributed by atoms with Crippen molar-refractivity contribution in [3.05, 3.63) is 35.5 Å². The molecule has 3 rings (SSSR count). The van der Waals surface area contributed by atoms with Crippen LogP contribution in [-0.4, -0.2) is 74.2 Å². The number of carbonyl (C=O) groups excluding carboxylic acids is 3. The molecule has 0 atom stereocenters. The zero-order chi connectivity index (χ0) is 19.4. The average Bonchev–Trinajstić information content (AvgIpc) is 2.98. The number of aliphatic hydroxyl groups excluding tert-OH is 1. The second kappa shape index (κ2) is 8.19. The van der Waals surface area contributed by atoms with Crippen LogP contribution in [0.1, 0.15) is 0 Å². The molecule has 9 heteroatoms. The molecule has 3 N–H and O–H groups in total. The third-order valence-corrected chi connectivity index (χ3v) is 4.47. The van der Waals surface area contributed by atoms with Gasteiger partial charge in [-0.3, -0.25) is 9.59 Å². The SMILES string of the molecule is COC(=O)C1=C(Nc2cccc(N3CCNCC3=O)c2)C(=O)N(CCO)C1. The second-order valence-electron chi connectivity index (χ2n) is 6.19. The summed E-state index contributed by atoms with van der Waals surface area (Å²) >= 11 is 0. The monoisotopic (exact) mass is 374 g/mol. The summed E-state index contributed by atoms with van der Waals surface area (Å²) in [4.78, 5) is 39.8. The van der Waals surface area contributed by atoms with Crippen molar-refractivity contribution in [2.24, 2.45) is 0 Å². The maximum absolute atomic E-state index is 12.6. The quantitative estimate of drug-likeness (QED) is 0.565. The van der Waals surface area contributed by atoms with E-state index in [4.69, 9.17) is 9.84 Å².